The largest absolute Gasteiger partial charge is 0.482 e. The van der Waals surface area contributed by atoms with E-state index in [1.54, 1.807) is 23.1 Å². The van der Waals surface area contributed by atoms with Crippen LogP contribution in [-0.4, -0.2) is 26.3 Å². The number of aromatic nitrogens is 3. The van der Waals surface area contributed by atoms with Gasteiger partial charge in [0.25, 0.3) is 0 Å². The molecule has 0 spiro atoms. The standard InChI is InChI=1S/C17H14BrN3OS2/c1-23-17-20-13-4-2-11(6-16(13)24-17)8-21-10-19-14-7-12(22-9-18)3-5-15(14)21/h2-7,10H,8-9H2,1H3. The molecule has 0 N–H and O–H groups in total. The number of imidazole rings is 1. The number of hydrogen-bond acceptors (Lipinski definition) is 5. The average Bonchev–Trinajstić information content (AvgIpc) is 3.18. The van der Waals surface area contributed by atoms with E-state index in [0.29, 0.717) is 5.52 Å². The number of rotatable bonds is 5. The van der Waals surface area contributed by atoms with Gasteiger partial charge in [-0.15, -0.1) is 11.3 Å². The molecule has 2 aromatic heterocycles. The molecule has 0 saturated heterocycles. The number of ether oxygens (including phenoxy) is 1. The summed E-state index contributed by atoms with van der Waals surface area (Å²) >= 11 is 6.70. The van der Waals surface area contributed by atoms with E-state index in [9.17, 15) is 0 Å². The van der Waals surface area contributed by atoms with Crippen molar-refractivity contribution in [2.45, 2.75) is 10.9 Å². The number of benzene rings is 2. The van der Waals surface area contributed by atoms with Crippen LogP contribution in [-0.2, 0) is 6.54 Å². The van der Waals surface area contributed by atoms with Crippen LogP contribution in [0.2, 0.25) is 0 Å². The van der Waals surface area contributed by atoms with Gasteiger partial charge in [0.1, 0.15) is 11.3 Å². The van der Waals surface area contributed by atoms with E-state index < -0.39 is 0 Å². The van der Waals surface area contributed by atoms with Gasteiger partial charge in [-0.05, 0) is 52.0 Å². The van der Waals surface area contributed by atoms with Gasteiger partial charge in [0.15, 0.2) is 4.34 Å². The molecule has 0 unspecified atom stereocenters. The fourth-order valence-corrected chi connectivity index (χ4v) is 4.47. The van der Waals surface area contributed by atoms with Gasteiger partial charge in [0.2, 0.25) is 0 Å². The third kappa shape index (κ3) is 3.03. The summed E-state index contributed by atoms with van der Waals surface area (Å²) in [6.45, 7) is 0.789. The van der Waals surface area contributed by atoms with Crippen molar-refractivity contribution in [3.8, 4) is 5.75 Å². The first-order valence-electron chi connectivity index (χ1n) is 7.34. The number of fused-ring (bicyclic) bond motifs is 2. The molecule has 4 aromatic rings. The van der Waals surface area contributed by atoms with Crippen LogP contribution in [0, 0.1) is 0 Å². The van der Waals surface area contributed by atoms with Crippen LogP contribution in [0.15, 0.2) is 47.1 Å². The summed E-state index contributed by atoms with van der Waals surface area (Å²) in [7, 11) is 0. The maximum absolute atomic E-state index is 5.46. The number of thiazole rings is 1. The molecule has 0 aliphatic rings. The van der Waals surface area contributed by atoms with Crippen LogP contribution in [0.3, 0.4) is 0 Å². The Morgan fingerprint density at radius 1 is 1.21 bits per heavy atom. The van der Waals surface area contributed by atoms with Crippen LogP contribution in [0.25, 0.3) is 21.3 Å². The molecule has 122 valence electrons. The molecule has 0 saturated carbocycles. The molecule has 2 aromatic carbocycles. The molecule has 0 atom stereocenters. The second kappa shape index (κ2) is 6.74. The third-order valence-corrected chi connectivity index (χ3v) is 6.01. The maximum Gasteiger partial charge on any atom is 0.150 e. The molecule has 0 radical (unpaired) electrons. The van der Waals surface area contributed by atoms with E-state index >= 15 is 0 Å². The average molecular weight is 420 g/mol. The smallest absolute Gasteiger partial charge is 0.150 e. The lowest BCUT2D eigenvalue weighted by Crippen LogP contribution is -1.97. The highest BCUT2D eigenvalue weighted by molar-refractivity contribution is 9.09. The Labute approximate surface area is 156 Å². The minimum atomic E-state index is 0.478. The molecule has 4 rings (SSSR count). The summed E-state index contributed by atoms with van der Waals surface area (Å²) in [5, 5.41) is 0. The first kappa shape index (κ1) is 15.9. The minimum Gasteiger partial charge on any atom is -0.482 e. The van der Waals surface area contributed by atoms with Gasteiger partial charge in [-0.2, -0.15) is 0 Å². The van der Waals surface area contributed by atoms with Gasteiger partial charge in [0.05, 0.1) is 27.6 Å². The molecule has 4 nitrogen and oxygen atoms in total. The second-order valence-electron chi connectivity index (χ2n) is 5.26. The van der Waals surface area contributed by atoms with Crippen LogP contribution in [0.4, 0.5) is 0 Å². The Balaban J connectivity index is 1.66. The van der Waals surface area contributed by atoms with Crippen molar-refractivity contribution in [1.29, 1.82) is 0 Å². The summed E-state index contributed by atoms with van der Waals surface area (Å²) in [5.74, 6) is 0.820. The normalized spacial score (nSPS) is 11.4. The highest BCUT2D eigenvalue weighted by atomic mass is 79.9. The number of alkyl halides is 1. The first-order valence-corrected chi connectivity index (χ1v) is 10.5. The predicted molar refractivity (Wildman–Crippen MR) is 105 cm³/mol. The fourth-order valence-electron chi connectivity index (χ4n) is 2.65. The first-order chi connectivity index (χ1) is 11.8. The van der Waals surface area contributed by atoms with Gasteiger partial charge in [-0.3, -0.25) is 0 Å². The Hall–Kier alpha value is -1.57. The summed E-state index contributed by atoms with van der Waals surface area (Å²) in [5.41, 5.74) is 4.84. The van der Waals surface area contributed by atoms with Crippen molar-refractivity contribution in [3.05, 3.63) is 48.3 Å². The van der Waals surface area contributed by atoms with Gasteiger partial charge in [0, 0.05) is 12.6 Å². The van der Waals surface area contributed by atoms with Gasteiger partial charge < -0.3 is 9.30 Å². The van der Waals surface area contributed by atoms with Gasteiger partial charge in [-0.25, -0.2) is 9.97 Å². The number of hydrogen-bond donors (Lipinski definition) is 0. The molecule has 0 bridgehead atoms. The maximum atomic E-state index is 5.46. The molecular formula is C17H14BrN3OS2. The highest BCUT2D eigenvalue weighted by Crippen LogP contribution is 2.29. The van der Waals surface area contributed by atoms with Crippen molar-refractivity contribution < 1.29 is 4.74 Å². The van der Waals surface area contributed by atoms with Gasteiger partial charge in [-0.1, -0.05) is 17.8 Å². The number of nitrogens with zero attached hydrogens (tertiary/aromatic N) is 3. The van der Waals surface area contributed by atoms with Crippen LogP contribution < -0.4 is 4.74 Å². The molecule has 0 fully saturated rings. The SMILES string of the molecule is CSc1nc2ccc(Cn3cnc4cc(OCBr)ccc43)cc2s1. The molecule has 2 heterocycles. The Morgan fingerprint density at radius 2 is 2.12 bits per heavy atom. The zero-order chi connectivity index (χ0) is 16.5. The lowest BCUT2D eigenvalue weighted by atomic mass is 10.2. The van der Waals surface area contributed by atoms with Crippen molar-refractivity contribution >= 4 is 60.3 Å². The summed E-state index contributed by atoms with van der Waals surface area (Å²) < 4.78 is 9.96. The molecule has 24 heavy (non-hydrogen) atoms. The summed E-state index contributed by atoms with van der Waals surface area (Å²) in [4.78, 5) is 9.08. The van der Waals surface area contributed by atoms with Crippen LogP contribution in [0.5, 0.6) is 5.75 Å². The van der Waals surface area contributed by atoms with Crippen molar-refractivity contribution in [1.82, 2.24) is 14.5 Å². The molecule has 7 heteroatoms. The Morgan fingerprint density at radius 3 is 2.96 bits per heavy atom. The van der Waals surface area contributed by atoms with Crippen molar-refractivity contribution in [3.63, 3.8) is 0 Å². The molecular weight excluding hydrogens is 406 g/mol. The van der Waals surface area contributed by atoms with Crippen LogP contribution in [0.1, 0.15) is 5.56 Å². The Bertz CT molecular complexity index is 1010. The zero-order valence-electron chi connectivity index (χ0n) is 12.9. The van der Waals surface area contributed by atoms with E-state index in [1.807, 2.05) is 18.5 Å². The second-order valence-corrected chi connectivity index (χ2v) is 7.80. The molecule has 0 aliphatic heterocycles. The van der Waals surface area contributed by atoms with Crippen molar-refractivity contribution in [2.24, 2.45) is 0 Å². The lowest BCUT2D eigenvalue weighted by Gasteiger charge is -2.06. The summed E-state index contributed by atoms with van der Waals surface area (Å²) in [6.07, 6.45) is 3.94. The van der Waals surface area contributed by atoms with E-state index in [-0.39, 0.29) is 0 Å². The van der Waals surface area contributed by atoms with E-state index in [4.69, 9.17) is 4.74 Å². The minimum absolute atomic E-state index is 0.478. The monoisotopic (exact) mass is 419 g/mol. The number of thioether (sulfide) groups is 1. The van der Waals surface area contributed by atoms with Gasteiger partial charge >= 0.3 is 0 Å². The summed E-state index contributed by atoms with van der Waals surface area (Å²) in [6, 6.07) is 12.4. The Kier molecular flexibility index (Phi) is 4.47. The van der Waals surface area contributed by atoms with Crippen LogP contribution >= 0.6 is 39.0 Å². The fraction of sp³-hybridized carbons (Fsp3) is 0.176. The van der Waals surface area contributed by atoms with E-state index in [2.05, 4.69) is 61.0 Å². The number of halogens is 1. The van der Waals surface area contributed by atoms with E-state index in [0.717, 1.165) is 33.2 Å². The molecule has 0 amide bonds. The molecule has 0 aliphatic carbocycles. The third-order valence-electron chi connectivity index (χ3n) is 3.77. The predicted octanol–water partition coefficient (Wildman–Crippen LogP) is 5.15. The van der Waals surface area contributed by atoms with Crippen molar-refractivity contribution in [2.75, 3.05) is 11.8 Å². The quantitative estimate of drug-likeness (QED) is 0.331. The lowest BCUT2D eigenvalue weighted by molar-refractivity contribution is 0.398. The topological polar surface area (TPSA) is 39.9 Å². The zero-order valence-corrected chi connectivity index (χ0v) is 16.1. The van der Waals surface area contributed by atoms with E-state index in [1.165, 1.54) is 10.3 Å². The highest BCUT2D eigenvalue weighted by Gasteiger charge is 2.07.